The zero-order valence-corrected chi connectivity index (χ0v) is 20.4. The van der Waals surface area contributed by atoms with Gasteiger partial charge in [-0.05, 0) is 53.9 Å². The molecule has 37 heavy (non-hydrogen) atoms. The van der Waals surface area contributed by atoms with E-state index >= 15 is 0 Å². The fourth-order valence-electron chi connectivity index (χ4n) is 5.48. The highest BCUT2D eigenvalue weighted by molar-refractivity contribution is 5.94. The van der Waals surface area contributed by atoms with Crippen molar-refractivity contribution in [2.75, 3.05) is 50.7 Å². The first-order valence-corrected chi connectivity index (χ1v) is 12.5. The molecule has 2 fully saturated rings. The second kappa shape index (κ2) is 10.5. The van der Waals surface area contributed by atoms with Gasteiger partial charge in [-0.3, -0.25) is 9.69 Å². The number of likely N-dealkylation sites (tertiary alicyclic amines) is 1. The maximum Gasteiger partial charge on any atom is 0.416 e. The van der Waals surface area contributed by atoms with Gasteiger partial charge in [0.2, 0.25) is 0 Å². The molecule has 5 rings (SSSR count). The van der Waals surface area contributed by atoms with E-state index in [2.05, 4.69) is 21.9 Å². The number of carbonyl (C=O) groups excluding carboxylic acids is 1. The van der Waals surface area contributed by atoms with E-state index in [1.807, 2.05) is 18.2 Å². The minimum Gasteiger partial charge on any atom is -0.369 e. The lowest BCUT2D eigenvalue weighted by atomic mass is 9.88. The molecule has 0 radical (unpaired) electrons. The Morgan fingerprint density at radius 2 is 1.54 bits per heavy atom. The first-order valence-electron chi connectivity index (χ1n) is 12.5. The smallest absolute Gasteiger partial charge is 0.369 e. The molecule has 8 heteroatoms. The fraction of sp³-hybridized carbons (Fsp3) is 0.345. The predicted molar refractivity (Wildman–Crippen MR) is 135 cm³/mol. The summed E-state index contributed by atoms with van der Waals surface area (Å²) in [5, 5.41) is 0. The van der Waals surface area contributed by atoms with Gasteiger partial charge in [-0.15, -0.1) is 0 Å². The van der Waals surface area contributed by atoms with Crippen molar-refractivity contribution >= 4 is 11.6 Å². The van der Waals surface area contributed by atoms with Crippen LogP contribution in [0.5, 0.6) is 0 Å². The molecule has 0 aliphatic carbocycles. The van der Waals surface area contributed by atoms with Crippen LogP contribution < -0.4 is 4.90 Å². The summed E-state index contributed by atoms with van der Waals surface area (Å²) in [6.45, 7) is 5.09. The van der Waals surface area contributed by atoms with Crippen LogP contribution in [0.1, 0.15) is 27.4 Å². The first kappa shape index (κ1) is 25.3. The molecular formula is C29H29F4N3O. The van der Waals surface area contributed by atoms with Crippen molar-refractivity contribution in [2.24, 2.45) is 5.92 Å². The van der Waals surface area contributed by atoms with E-state index in [4.69, 9.17) is 0 Å². The molecule has 0 bridgehead atoms. The second-order valence-corrected chi connectivity index (χ2v) is 9.83. The molecule has 194 valence electrons. The van der Waals surface area contributed by atoms with E-state index in [9.17, 15) is 22.4 Å². The molecule has 0 aromatic heterocycles. The summed E-state index contributed by atoms with van der Waals surface area (Å²) in [6, 6.07) is 21.2. The summed E-state index contributed by atoms with van der Waals surface area (Å²) in [5.74, 6) is -0.351. The lowest BCUT2D eigenvalue weighted by Crippen LogP contribution is -2.48. The standard InChI is InChI=1S/C29H29F4N3O/c30-25-9-11-26(12-10-25)35-15-13-34(14-16-35)18-23-19-36(20-27(23)21-5-2-1-3-6-21)28(37)22-7-4-8-24(17-22)29(31,32)33/h1-12,17,23,27H,13-16,18-20H2/t23-,27+/m1/s1. The summed E-state index contributed by atoms with van der Waals surface area (Å²) in [4.78, 5) is 19.6. The summed E-state index contributed by atoms with van der Waals surface area (Å²) in [7, 11) is 0. The summed E-state index contributed by atoms with van der Waals surface area (Å²) in [5.41, 5.74) is 1.39. The van der Waals surface area contributed by atoms with Gasteiger partial charge in [-0.1, -0.05) is 36.4 Å². The zero-order chi connectivity index (χ0) is 26.0. The molecule has 0 spiro atoms. The third-order valence-electron chi connectivity index (χ3n) is 7.45. The molecule has 3 aromatic carbocycles. The minimum atomic E-state index is -4.49. The van der Waals surface area contributed by atoms with E-state index in [1.165, 1.54) is 24.3 Å². The van der Waals surface area contributed by atoms with Gasteiger partial charge in [0, 0.05) is 63.0 Å². The van der Waals surface area contributed by atoms with Crippen molar-refractivity contribution in [2.45, 2.75) is 12.1 Å². The van der Waals surface area contributed by atoms with Gasteiger partial charge in [0.05, 0.1) is 5.56 Å². The monoisotopic (exact) mass is 511 g/mol. The van der Waals surface area contributed by atoms with Crippen LogP contribution in [0.25, 0.3) is 0 Å². The van der Waals surface area contributed by atoms with Crippen LogP contribution >= 0.6 is 0 Å². The number of nitrogens with zero attached hydrogens (tertiary/aromatic N) is 3. The molecule has 2 heterocycles. The van der Waals surface area contributed by atoms with Gasteiger partial charge in [-0.25, -0.2) is 4.39 Å². The highest BCUT2D eigenvalue weighted by atomic mass is 19.4. The van der Waals surface area contributed by atoms with Crippen LogP contribution in [0.4, 0.5) is 23.2 Å². The zero-order valence-electron chi connectivity index (χ0n) is 20.4. The number of rotatable bonds is 5. The van der Waals surface area contributed by atoms with Gasteiger partial charge in [0.1, 0.15) is 5.82 Å². The first-order chi connectivity index (χ1) is 17.8. The van der Waals surface area contributed by atoms with Crippen molar-refractivity contribution in [1.82, 2.24) is 9.80 Å². The molecule has 0 N–H and O–H groups in total. The van der Waals surface area contributed by atoms with Crippen LogP contribution in [0.15, 0.2) is 78.9 Å². The van der Waals surface area contributed by atoms with Crippen molar-refractivity contribution in [1.29, 1.82) is 0 Å². The molecule has 0 unspecified atom stereocenters. The SMILES string of the molecule is O=C(c1cccc(C(F)(F)F)c1)N1C[C@@H](CN2CCN(c3ccc(F)cc3)CC2)[C@H](c2ccccc2)C1. The van der Waals surface area contributed by atoms with Gasteiger partial charge in [0.15, 0.2) is 0 Å². The lowest BCUT2D eigenvalue weighted by molar-refractivity contribution is -0.137. The van der Waals surface area contributed by atoms with Crippen LogP contribution in [-0.4, -0.2) is 61.5 Å². The van der Waals surface area contributed by atoms with Gasteiger partial charge in [0.25, 0.3) is 5.91 Å². The molecular weight excluding hydrogens is 482 g/mol. The van der Waals surface area contributed by atoms with Crippen molar-refractivity contribution in [3.8, 4) is 0 Å². The molecule has 0 saturated carbocycles. The highest BCUT2D eigenvalue weighted by Crippen LogP contribution is 2.35. The number of halogens is 4. The third kappa shape index (κ3) is 5.80. The Balaban J connectivity index is 1.28. The van der Waals surface area contributed by atoms with Crippen LogP contribution in [0.3, 0.4) is 0 Å². The second-order valence-electron chi connectivity index (χ2n) is 9.83. The van der Waals surface area contributed by atoms with Crippen molar-refractivity contribution in [3.05, 3.63) is 101 Å². The van der Waals surface area contributed by atoms with Gasteiger partial charge in [-0.2, -0.15) is 13.2 Å². The molecule has 2 aliphatic rings. The third-order valence-corrected chi connectivity index (χ3v) is 7.45. The Labute approximate surface area is 214 Å². The number of benzene rings is 3. The highest BCUT2D eigenvalue weighted by Gasteiger charge is 2.38. The van der Waals surface area contributed by atoms with E-state index in [0.717, 1.165) is 56.1 Å². The largest absolute Gasteiger partial charge is 0.416 e. The molecule has 3 aromatic rings. The quantitative estimate of drug-likeness (QED) is 0.422. The average molecular weight is 512 g/mol. The Morgan fingerprint density at radius 3 is 2.22 bits per heavy atom. The number of hydrogen-bond acceptors (Lipinski definition) is 3. The summed E-state index contributed by atoms with van der Waals surface area (Å²) < 4.78 is 52.9. The number of amides is 1. The van der Waals surface area contributed by atoms with E-state index in [0.29, 0.717) is 13.1 Å². The Morgan fingerprint density at radius 1 is 0.838 bits per heavy atom. The minimum absolute atomic E-state index is 0.0650. The Hall–Kier alpha value is -3.39. The number of alkyl halides is 3. The summed E-state index contributed by atoms with van der Waals surface area (Å²) in [6.07, 6.45) is -4.49. The average Bonchev–Trinajstić information content (AvgIpc) is 3.33. The number of hydrogen-bond donors (Lipinski definition) is 0. The van der Waals surface area contributed by atoms with Crippen LogP contribution in [-0.2, 0) is 6.18 Å². The molecule has 1 amide bonds. The Bertz CT molecular complexity index is 1210. The maximum atomic E-state index is 13.3. The van der Waals surface area contributed by atoms with Gasteiger partial charge < -0.3 is 9.80 Å². The normalized spacial score (nSPS) is 20.9. The van der Waals surface area contributed by atoms with E-state index in [-0.39, 0.29) is 29.1 Å². The fourth-order valence-corrected chi connectivity index (χ4v) is 5.48. The molecule has 4 nitrogen and oxygen atoms in total. The Kier molecular flexibility index (Phi) is 7.20. The van der Waals surface area contributed by atoms with Crippen molar-refractivity contribution in [3.63, 3.8) is 0 Å². The van der Waals surface area contributed by atoms with Crippen molar-refractivity contribution < 1.29 is 22.4 Å². The number of carbonyl (C=O) groups is 1. The number of anilines is 1. The van der Waals surface area contributed by atoms with E-state index < -0.39 is 11.7 Å². The van der Waals surface area contributed by atoms with Crippen LogP contribution in [0.2, 0.25) is 0 Å². The molecule has 2 saturated heterocycles. The molecule has 2 aliphatic heterocycles. The maximum absolute atomic E-state index is 13.3. The van der Waals surface area contributed by atoms with Crippen LogP contribution in [0, 0.1) is 11.7 Å². The lowest BCUT2D eigenvalue weighted by Gasteiger charge is -2.37. The number of piperazine rings is 1. The molecule has 2 atom stereocenters. The van der Waals surface area contributed by atoms with Gasteiger partial charge >= 0.3 is 6.18 Å². The summed E-state index contributed by atoms with van der Waals surface area (Å²) >= 11 is 0. The van der Waals surface area contributed by atoms with E-state index in [1.54, 1.807) is 17.0 Å². The topological polar surface area (TPSA) is 26.8 Å². The predicted octanol–water partition coefficient (Wildman–Crippen LogP) is 5.52.